The Labute approximate surface area is 115 Å². The summed E-state index contributed by atoms with van der Waals surface area (Å²) < 4.78 is 5.20. The van der Waals surface area contributed by atoms with Gasteiger partial charge in [-0.25, -0.2) is 0 Å². The molecule has 1 aromatic rings. The Morgan fingerprint density at radius 3 is 2.21 bits per heavy atom. The van der Waals surface area contributed by atoms with Crippen LogP contribution in [0.5, 0.6) is 0 Å². The van der Waals surface area contributed by atoms with Crippen molar-refractivity contribution in [3.05, 3.63) is 17.0 Å². The highest BCUT2D eigenvalue weighted by molar-refractivity contribution is 5.20. The molecule has 1 saturated heterocycles. The fourth-order valence-electron chi connectivity index (χ4n) is 2.60. The minimum atomic E-state index is -0.607. The monoisotopic (exact) mass is 267 g/mol. The molecule has 1 N–H and O–H groups in total. The predicted octanol–water partition coefficient (Wildman–Crippen LogP) is 1.18. The summed E-state index contributed by atoms with van der Waals surface area (Å²) in [6.07, 6.45) is 0. The van der Waals surface area contributed by atoms with E-state index in [2.05, 4.69) is 15.0 Å². The van der Waals surface area contributed by atoms with Gasteiger partial charge in [-0.1, -0.05) is 5.16 Å². The van der Waals surface area contributed by atoms with Gasteiger partial charge in [-0.3, -0.25) is 9.80 Å². The molecule has 1 aromatic heterocycles. The minimum absolute atomic E-state index is 0.607. The molecule has 5 heteroatoms. The van der Waals surface area contributed by atoms with Gasteiger partial charge in [0.25, 0.3) is 0 Å². The summed E-state index contributed by atoms with van der Waals surface area (Å²) in [5, 5.41) is 13.8. The average Bonchev–Trinajstić information content (AvgIpc) is 2.61. The van der Waals surface area contributed by atoms with E-state index in [9.17, 15) is 5.11 Å². The first kappa shape index (κ1) is 14.5. The fourth-order valence-corrected chi connectivity index (χ4v) is 2.60. The van der Waals surface area contributed by atoms with Crippen LogP contribution in [0.4, 0.5) is 0 Å². The average molecular weight is 267 g/mol. The van der Waals surface area contributed by atoms with E-state index in [1.807, 2.05) is 27.7 Å². The van der Waals surface area contributed by atoms with Gasteiger partial charge in [0.1, 0.15) is 5.76 Å². The van der Waals surface area contributed by atoms with E-state index in [4.69, 9.17) is 4.52 Å². The summed E-state index contributed by atoms with van der Waals surface area (Å²) in [5.41, 5.74) is 1.61. The molecule has 2 rings (SSSR count). The third-order valence-electron chi connectivity index (χ3n) is 3.64. The lowest BCUT2D eigenvalue weighted by atomic mass is 10.1. The smallest absolute Gasteiger partial charge is 0.138 e. The van der Waals surface area contributed by atoms with Gasteiger partial charge in [0.2, 0.25) is 0 Å². The van der Waals surface area contributed by atoms with Crippen LogP contribution in [0.3, 0.4) is 0 Å². The SMILES string of the molecule is Cc1noc(C)c1CN1CCN(CC(C)(C)O)CC1. The van der Waals surface area contributed by atoms with E-state index >= 15 is 0 Å². The van der Waals surface area contributed by atoms with E-state index in [0.717, 1.165) is 50.7 Å². The molecular formula is C14H25N3O2. The zero-order valence-corrected chi connectivity index (χ0v) is 12.4. The van der Waals surface area contributed by atoms with Crippen molar-refractivity contribution in [3.63, 3.8) is 0 Å². The number of rotatable bonds is 4. The molecule has 0 unspecified atom stereocenters. The number of hydrogen-bond acceptors (Lipinski definition) is 5. The van der Waals surface area contributed by atoms with Crippen LogP contribution in [-0.4, -0.2) is 58.4 Å². The second-order valence-corrected chi connectivity index (χ2v) is 6.17. The van der Waals surface area contributed by atoms with Crippen LogP contribution < -0.4 is 0 Å². The quantitative estimate of drug-likeness (QED) is 0.888. The molecule has 0 atom stereocenters. The number of nitrogens with zero attached hydrogens (tertiary/aromatic N) is 3. The van der Waals surface area contributed by atoms with Crippen LogP contribution in [0, 0.1) is 13.8 Å². The van der Waals surface area contributed by atoms with Gasteiger partial charge in [-0.15, -0.1) is 0 Å². The van der Waals surface area contributed by atoms with E-state index in [-0.39, 0.29) is 0 Å². The van der Waals surface area contributed by atoms with Gasteiger partial charge < -0.3 is 9.63 Å². The van der Waals surface area contributed by atoms with Crippen molar-refractivity contribution in [1.82, 2.24) is 15.0 Å². The van der Waals surface area contributed by atoms with E-state index in [1.165, 1.54) is 5.56 Å². The molecule has 19 heavy (non-hydrogen) atoms. The maximum Gasteiger partial charge on any atom is 0.138 e. The Bertz CT molecular complexity index is 395. The Kier molecular flexibility index (Phi) is 4.28. The highest BCUT2D eigenvalue weighted by Crippen LogP contribution is 2.16. The zero-order valence-electron chi connectivity index (χ0n) is 12.4. The molecule has 0 spiro atoms. The molecule has 0 saturated carbocycles. The lowest BCUT2D eigenvalue weighted by molar-refractivity contribution is 0.0166. The number of aryl methyl sites for hydroxylation is 2. The molecule has 0 bridgehead atoms. The van der Waals surface area contributed by atoms with Crippen molar-refractivity contribution >= 4 is 0 Å². The molecule has 0 amide bonds. The Morgan fingerprint density at radius 1 is 1.16 bits per heavy atom. The van der Waals surface area contributed by atoms with Crippen molar-refractivity contribution in [2.45, 2.75) is 39.8 Å². The van der Waals surface area contributed by atoms with Gasteiger partial charge in [-0.05, 0) is 27.7 Å². The Hall–Kier alpha value is -0.910. The molecule has 1 fully saturated rings. The van der Waals surface area contributed by atoms with Gasteiger partial charge in [-0.2, -0.15) is 0 Å². The van der Waals surface area contributed by atoms with Crippen LogP contribution in [-0.2, 0) is 6.54 Å². The second kappa shape index (κ2) is 5.61. The summed E-state index contributed by atoms with van der Waals surface area (Å²) in [7, 11) is 0. The van der Waals surface area contributed by atoms with Crippen LogP contribution in [0.25, 0.3) is 0 Å². The highest BCUT2D eigenvalue weighted by Gasteiger charge is 2.23. The topological polar surface area (TPSA) is 52.7 Å². The Balaban J connectivity index is 1.84. The van der Waals surface area contributed by atoms with Gasteiger partial charge in [0, 0.05) is 44.8 Å². The van der Waals surface area contributed by atoms with Gasteiger partial charge in [0.15, 0.2) is 0 Å². The summed E-state index contributed by atoms with van der Waals surface area (Å²) in [5.74, 6) is 0.927. The number of β-amino-alcohol motifs (C(OH)–C–C–N with tert-alkyl or cyclic N) is 1. The summed E-state index contributed by atoms with van der Waals surface area (Å²) in [6, 6.07) is 0. The first-order valence-electron chi connectivity index (χ1n) is 6.94. The molecule has 0 aromatic carbocycles. The van der Waals surface area contributed by atoms with E-state index in [1.54, 1.807) is 0 Å². The lowest BCUT2D eigenvalue weighted by Gasteiger charge is -2.37. The van der Waals surface area contributed by atoms with Gasteiger partial charge in [0.05, 0.1) is 11.3 Å². The maximum absolute atomic E-state index is 9.84. The third-order valence-corrected chi connectivity index (χ3v) is 3.64. The number of aliphatic hydroxyl groups is 1. The predicted molar refractivity (Wildman–Crippen MR) is 74.0 cm³/mol. The minimum Gasteiger partial charge on any atom is -0.389 e. The van der Waals surface area contributed by atoms with E-state index in [0.29, 0.717) is 0 Å². The molecule has 2 heterocycles. The van der Waals surface area contributed by atoms with Crippen LogP contribution >= 0.6 is 0 Å². The number of hydrogen-bond donors (Lipinski definition) is 1. The second-order valence-electron chi connectivity index (χ2n) is 6.17. The first-order chi connectivity index (χ1) is 8.85. The zero-order chi connectivity index (χ0) is 14.0. The van der Waals surface area contributed by atoms with Crippen molar-refractivity contribution in [2.75, 3.05) is 32.7 Å². The largest absolute Gasteiger partial charge is 0.389 e. The molecule has 1 aliphatic rings. The van der Waals surface area contributed by atoms with Crippen molar-refractivity contribution in [2.24, 2.45) is 0 Å². The highest BCUT2D eigenvalue weighted by atomic mass is 16.5. The summed E-state index contributed by atoms with van der Waals surface area (Å²) in [6.45, 7) is 13.4. The molecule has 0 radical (unpaired) electrons. The van der Waals surface area contributed by atoms with Crippen molar-refractivity contribution < 1.29 is 9.63 Å². The number of aromatic nitrogens is 1. The van der Waals surface area contributed by atoms with Crippen LogP contribution in [0.2, 0.25) is 0 Å². The van der Waals surface area contributed by atoms with Crippen LogP contribution in [0.15, 0.2) is 4.52 Å². The molecule has 108 valence electrons. The fraction of sp³-hybridized carbons (Fsp3) is 0.786. The third kappa shape index (κ3) is 4.03. The Morgan fingerprint density at radius 2 is 1.74 bits per heavy atom. The standard InChI is InChI=1S/C14H25N3O2/c1-11-13(12(2)19-15-11)9-16-5-7-17(8-6-16)10-14(3,4)18/h18H,5-10H2,1-4H3. The van der Waals surface area contributed by atoms with E-state index < -0.39 is 5.60 Å². The first-order valence-corrected chi connectivity index (χ1v) is 6.94. The van der Waals surface area contributed by atoms with Gasteiger partial charge >= 0.3 is 0 Å². The molecule has 0 aliphatic carbocycles. The lowest BCUT2D eigenvalue weighted by Crippen LogP contribution is -2.50. The maximum atomic E-state index is 9.84. The summed E-state index contributed by atoms with van der Waals surface area (Å²) >= 11 is 0. The molecule has 5 nitrogen and oxygen atoms in total. The number of piperazine rings is 1. The van der Waals surface area contributed by atoms with Crippen molar-refractivity contribution in [1.29, 1.82) is 0 Å². The summed E-state index contributed by atoms with van der Waals surface area (Å²) in [4.78, 5) is 4.75. The van der Waals surface area contributed by atoms with Crippen molar-refractivity contribution in [3.8, 4) is 0 Å². The normalized spacial score (nSPS) is 19.0. The molecule has 1 aliphatic heterocycles. The van der Waals surface area contributed by atoms with Crippen LogP contribution in [0.1, 0.15) is 30.9 Å². The molecular weight excluding hydrogens is 242 g/mol.